The molecule has 1 amide bonds. The lowest BCUT2D eigenvalue weighted by Gasteiger charge is -2.37. The van der Waals surface area contributed by atoms with Gasteiger partial charge in [-0.3, -0.25) is 9.59 Å². The molecule has 0 aromatic heterocycles. The number of nitrogens with zero attached hydrogens (tertiary/aromatic N) is 1. The second-order valence-corrected chi connectivity index (χ2v) is 5.99. The maximum atomic E-state index is 12.3. The molecule has 2 atom stereocenters. The van der Waals surface area contributed by atoms with Crippen LogP contribution < -0.4 is 5.73 Å². The quantitative estimate of drug-likeness (QED) is 0.738. The summed E-state index contributed by atoms with van der Waals surface area (Å²) in [6, 6.07) is -0.393. The van der Waals surface area contributed by atoms with E-state index in [2.05, 4.69) is 0 Å². The van der Waals surface area contributed by atoms with Gasteiger partial charge in [-0.15, -0.1) is 0 Å². The number of piperidine rings is 1. The predicted molar refractivity (Wildman–Crippen MR) is 77.2 cm³/mol. The third kappa shape index (κ3) is 5.40. The fourth-order valence-corrected chi connectivity index (χ4v) is 2.95. The topological polar surface area (TPSA) is 83.6 Å². The Morgan fingerprint density at radius 1 is 1.47 bits per heavy atom. The van der Waals surface area contributed by atoms with Crippen LogP contribution in [0.3, 0.4) is 0 Å². The van der Waals surface area contributed by atoms with Crippen LogP contribution in [0.4, 0.5) is 0 Å². The van der Waals surface area contributed by atoms with Gasteiger partial charge in [0.05, 0.1) is 6.04 Å². The molecule has 5 nitrogen and oxygen atoms in total. The molecule has 3 N–H and O–H groups in total. The van der Waals surface area contributed by atoms with Crippen molar-refractivity contribution < 1.29 is 14.7 Å². The first-order chi connectivity index (χ1) is 9.06. The van der Waals surface area contributed by atoms with Gasteiger partial charge in [-0.2, -0.15) is 11.8 Å². The molecule has 1 aliphatic heterocycles. The van der Waals surface area contributed by atoms with Crippen LogP contribution in [-0.4, -0.2) is 52.5 Å². The summed E-state index contributed by atoms with van der Waals surface area (Å²) in [5.74, 6) is 0.0642. The van der Waals surface area contributed by atoms with Crippen molar-refractivity contribution in [3.63, 3.8) is 0 Å². The Kier molecular flexibility index (Phi) is 7.23. The van der Waals surface area contributed by atoms with Crippen molar-refractivity contribution >= 4 is 23.6 Å². The lowest BCUT2D eigenvalue weighted by atomic mass is 9.97. The molecule has 0 aromatic carbocycles. The van der Waals surface area contributed by atoms with Gasteiger partial charge in [-0.1, -0.05) is 0 Å². The summed E-state index contributed by atoms with van der Waals surface area (Å²) in [6.07, 6.45) is 6.29. The highest BCUT2D eigenvalue weighted by Crippen LogP contribution is 2.22. The average molecular weight is 288 g/mol. The Labute approximate surface area is 118 Å². The SMILES string of the molecule is CSCC[C@H](N)C(=O)N1CCCCC1CCC(=O)O. The first kappa shape index (κ1) is 16.3. The van der Waals surface area contributed by atoms with Crippen molar-refractivity contribution in [2.45, 2.75) is 50.6 Å². The van der Waals surface area contributed by atoms with Gasteiger partial charge in [-0.05, 0) is 44.1 Å². The molecule has 110 valence electrons. The molecular weight excluding hydrogens is 264 g/mol. The van der Waals surface area contributed by atoms with Crippen LogP contribution in [0.25, 0.3) is 0 Å². The molecule has 1 unspecified atom stereocenters. The Hall–Kier alpha value is -0.750. The number of nitrogens with two attached hydrogens (primary N) is 1. The van der Waals surface area contributed by atoms with Crippen LogP contribution in [-0.2, 0) is 9.59 Å². The molecule has 0 saturated carbocycles. The Bertz CT molecular complexity index is 312. The lowest BCUT2D eigenvalue weighted by molar-refractivity contribution is -0.140. The first-order valence-electron chi connectivity index (χ1n) is 6.83. The molecule has 0 aliphatic carbocycles. The largest absolute Gasteiger partial charge is 0.481 e. The molecule has 1 aliphatic rings. The molecule has 0 spiro atoms. The van der Waals surface area contributed by atoms with E-state index in [1.54, 1.807) is 11.8 Å². The van der Waals surface area contributed by atoms with Crippen molar-refractivity contribution in [3.05, 3.63) is 0 Å². The van der Waals surface area contributed by atoms with Crippen molar-refractivity contribution in [1.82, 2.24) is 4.90 Å². The minimum absolute atomic E-state index is 0.0101. The summed E-state index contributed by atoms with van der Waals surface area (Å²) in [5.41, 5.74) is 5.93. The standard InChI is InChI=1S/C13H24N2O3S/c1-19-9-7-11(14)13(18)15-8-3-2-4-10(15)5-6-12(16)17/h10-11H,2-9,14H2,1H3,(H,16,17)/t10?,11-/m0/s1. The molecular formula is C13H24N2O3S. The zero-order valence-corrected chi connectivity index (χ0v) is 12.3. The van der Waals surface area contributed by atoms with Crippen molar-refractivity contribution in [2.24, 2.45) is 5.73 Å². The summed E-state index contributed by atoms with van der Waals surface area (Å²) in [7, 11) is 0. The third-order valence-electron chi connectivity index (χ3n) is 3.55. The van der Waals surface area contributed by atoms with Gasteiger partial charge in [-0.25, -0.2) is 0 Å². The highest BCUT2D eigenvalue weighted by atomic mass is 32.2. The summed E-state index contributed by atoms with van der Waals surface area (Å²) < 4.78 is 0. The smallest absolute Gasteiger partial charge is 0.303 e. The Morgan fingerprint density at radius 2 is 2.21 bits per heavy atom. The van der Waals surface area contributed by atoms with E-state index >= 15 is 0 Å². The van der Waals surface area contributed by atoms with E-state index in [-0.39, 0.29) is 18.4 Å². The number of amides is 1. The normalized spacial score (nSPS) is 21.2. The zero-order valence-electron chi connectivity index (χ0n) is 11.5. The van der Waals surface area contributed by atoms with Gasteiger partial charge in [0.15, 0.2) is 0 Å². The van der Waals surface area contributed by atoms with Gasteiger partial charge in [0, 0.05) is 19.0 Å². The van der Waals surface area contributed by atoms with Crippen LogP contribution >= 0.6 is 11.8 Å². The molecule has 1 fully saturated rings. The fraction of sp³-hybridized carbons (Fsp3) is 0.846. The van der Waals surface area contributed by atoms with Gasteiger partial charge in [0.25, 0.3) is 0 Å². The van der Waals surface area contributed by atoms with Crippen molar-refractivity contribution in [3.8, 4) is 0 Å². The van der Waals surface area contributed by atoms with Crippen LogP contribution in [0.2, 0.25) is 0 Å². The first-order valence-corrected chi connectivity index (χ1v) is 8.22. The number of carboxylic acids is 1. The number of hydrogen-bond donors (Lipinski definition) is 2. The fourth-order valence-electron chi connectivity index (χ4n) is 2.46. The summed E-state index contributed by atoms with van der Waals surface area (Å²) in [5, 5.41) is 8.76. The number of hydrogen-bond acceptors (Lipinski definition) is 4. The van der Waals surface area contributed by atoms with Gasteiger partial charge in [0.2, 0.25) is 5.91 Å². The van der Waals surface area contributed by atoms with E-state index in [0.29, 0.717) is 12.8 Å². The van der Waals surface area contributed by atoms with E-state index < -0.39 is 12.0 Å². The highest BCUT2D eigenvalue weighted by molar-refractivity contribution is 7.98. The lowest BCUT2D eigenvalue weighted by Crippen LogP contribution is -2.51. The second kappa shape index (κ2) is 8.43. The maximum Gasteiger partial charge on any atom is 0.303 e. The van der Waals surface area contributed by atoms with Gasteiger partial charge in [0.1, 0.15) is 0 Å². The van der Waals surface area contributed by atoms with E-state index in [9.17, 15) is 9.59 Å². The average Bonchev–Trinajstić information content (AvgIpc) is 2.42. The van der Waals surface area contributed by atoms with E-state index in [1.807, 2.05) is 11.2 Å². The molecule has 0 aromatic rings. The van der Waals surface area contributed by atoms with Crippen LogP contribution in [0.5, 0.6) is 0 Å². The summed E-state index contributed by atoms with van der Waals surface area (Å²) in [4.78, 5) is 24.8. The summed E-state index contributed by atoms with van der Waals surface area (Å²) in [6.45, 7) is 0.718. The van der Waals surface area contributed by atoms with E-state index in [1.165, 1.54) is 0 Å². The number of carbonyl (C=O) groups is 2. The molecule has 6 heteroatoms. The summed E-state index contributed by atoms with van der Waals surface area (Å²) >= 11 is 1.68. The Morgan fingerprint density at radius 3 is 2.84 bits per heavy atom. The zero-order chi connectivity index (χ0) is 14.3. The molecule has 0 radical (unpaired) electrons. The molecule has 0 bridgehead atoms. The number of carboxylic acid groups (broad SMARTS) is 1. The van der Waals surface area contributed by atoms with Crippen LogP contribution in [0.1, 0.15) is 38.5 Å². The highest BCUT2D eigenvalue weighted by Gasteiger charge is 2.29. The number of carbonyl (C=O) groups excluding carboxylic acids is 1. The number of thioether (sulfide) groups is 1. The second-order valence-electron chi connectivity index (χ2n) is 5.00. The maximum absolute atomic E-state index is 12.3. The molecule has 19 heavy (non-hydrogen) atoms. The van der Waals surface area contributed by atoms with Gasteiger partial charge < -0.3 is 15.7 Å². The minimum atomic E-state index is -0.801. The number of rotatable bonds is 7. The molecule has 1 saturated heterocycles. The van der Waals surface area contributed by atoms with Gasteiger partial charge >= 0.3 is 5.97 Å². The van der Waals surface area contributed by atoms with Crippen LogP contribution in [0.15, 0.2) is 0 Å². The monoisotopic (exact) mass is 288 g/mol. The van der Waals surface area contributed by atoms with Crippen LogP contribution in [0, 0.1) is 0 Å². The third-order valence-corrected chi connectivity index (χ3v) is 4.20. The van der Waals surface area contributed by atoms with Crippen molar-refractivity contribution in [2.75, 3.05) is 18.6 Å². The predicted octanol–water partition coefficient (Wildman–Crippen LogP) is 1.31. The molecule has 1 rings (SSSR count). The number of likely N-dealkylation sites (tertiary alicyclic amines) is 1. The van der Waals surface area contributed by atoms with E-state index in [0.717, 1.165) is 31.6 Å². The molecule has 1 heterocycles. The van der Waals surface area contributed by atoms with E-state index in [4.69, 9.17) is 10.8 Å². The number of aliphatic carboxylic acids is 1. The Balaban J connectivity index is 2.54. The van der Waals surface area contributed by atoms with Crippen molar-refractivity contribution in [1.29, 1.82) is 0 Å². The minimum Gasteiger partial charge on any atom is -0.481 e.